The third-order valence-electron chi connectivity index (χ3n) is 4.57. The van der Waals surface area contributed by atoms with Crippen molar-refractivity contribution in [3.8, 4) is 0 Å². The Morgan fingerprint density at radius 1 is 1.33 bits per heavy atom. The summed E-state index contributed by atoms with van der Waals surface area (Å²) in [6, 6.07) is 9.71. The van der Waals surface area contributed by atoms with E-state index in [9.17, 15) is 5.11 Å². The number of piperidine rings is 1. The van der Waals surface area contributed by atoms with Gasteiger partial charge in [0.1, 0.15) is 5.60 Å². The van der Waals surface area contributed by atoms with Crippen LogP contribution in [-0.4, -0.2) is 55.7 Å². The first-order chi connectivity index (χ1) is 11.5. The fourth-order valence-corrected chi connectivity index (χ4v) is 3.14. The van der Waals surface area contributed by atoms with Gasteiger partial charge in [0, 0.05) is 19.6 Å². The van der Waals surface area contributed by atoms with Crippen molar-refractivity contribution < 1.29 is 5.11 Å². The summed E-state index contributed by atoms with van der Waals surface area (Å²) in [7, 11) is 2.18. The number of aliphatic hydroxyl groups is 1. The molecule has 2 rings (SSSR count). The summed E-state index contributed by atoms with van der Waals surface area (Å²) >= 11 is 0. The van der Waals surface area contributed by atoms with Crippen LogP contribution in [0, 0.1) is 5.92 Å². The van der Waals surface area contributed by atoms with Gasteiger partial charge in [-0.2, -0.15) is 0 Å². The predicted molar refractivity (Wildman–Crippen MR) is 100 cm³/mol. The lowest BCUT2D eigenvalue weighted by Crippen LogP contribution is -2.44. The first-order valence-corrected chi connectivity index (χ1v) is 9.00. The average Bonchev–Trinajstić information content (AvgIpc) is 2.58. The van der Waals surface area contributed by atoms with Gasteiger partial charge in [-0.25, -0.2) is 4.99 Å². The molecule has 1 heterocycles. The number of nitrogens with zero attached hydrogens (tertiary/aromatic N) is 2. The number of benzene rings is 1. The van der Waals surface area contributed by atoms with E-state index < -0.39 is 5.60 Å². The molecule has 1 aliphatic heterocycles. The second-order valence-electron chi connectivity index (χ2n) is 6.99. The minimum Gasteiger partial charge on any atom is -0.384 e. The Morgan fingerprint density at radius 2 is 2.08 bits per heavy atom. The van der Waals surface area contributed by atoms with Crippen molar-refractivity contribution >= 4 is 5.96 Å². The Hall–Kier alpha value is -1.59. The van der Waals surface area contributed by atoms with Crippen LogP contribution in [0.25, 0.3) is 0 Å². The topological polar surface area (TPSA) is 59.9 Å². The van der Waals surface area contributed by atoms with Gasteiger partial charge in [0.25, 0.3) is 0 Å². The zero-order valence-electron chi connectivity index (χ0n) is 15.3. The van der Waals surface area contributed by atoms with Crippen molar-refractivity contribution in [1.82, 2.24) is 15.5 Å². The number of hydrogen-bond donors (Lipinski definition) is 3. The van der Waals surface area contributed by atoms with Crippen molar-refractivity contribution in [2.75, 3.05) is 39.8 Å². The third-order valence-corrected chi connectivity index (χ3v) is 4.57. The van der Waals surface area contributed by atoms with Crippen LogP contribution in [0.4, 0.5) is 0 Å². The van der Waals surface area contributed by atoms with E-state index in [2.05, 4.69) is 34.5 Å². The summed E-state index contributed by atoms with van der Waals surface area (Å²) in [5.74, 6) is 1.43. The molecule has 1 aromatic rings. The van der Waals surface area contributed by atoms with Crippen LogP contribution < -0.4 is 10.6 Å². The summed E-state index contributed by atoms with van der Waals surface area (Å²) in [5.41, 5.74) is -0.0761. The van der Waals surface area contributed by atoms with Gasteiger partial charge >= 0.3 is 0 Å². The van der Waals surface area contributed by atoms with E-state index >= 15 is 0 Å². The van der Waals surface area contributed by atoms with Gasteiger partial charge in [0.15, 0.2) is 5.96 Å². The van der Waals surface area contributed by atoms with Gasteiger partial charge in [-0.1, -0.05) is 30.3 Å². The second kappa shape index (κ2) is 9.04. The van der Waals surface area contributed by atoms with Gasteiger partial charge < -0.3 is 20.6 Å². The molecule has 1 aromatic carbocycles. The van der Waals surface area contributed by atoms with E-state index in [-0.39, 0.29) is 0 Å². The largest absolute Gasteiger partial charge is 0.384 e. The minimum absolute atomic E-state index is 0.330. The van der Waals surface area contributed by atoms with Crippen molar-refractivity contribution in [1.29, 1.82) is 0 Å². The van der Waals surface area contributed by atoms with Gasteiger partial charge in [0.2, 0.25) is 0 Å². The summed E-state index contributed by atoms with van der Waals surface area (Å²) in [6.45, 7) is 8.26. The Morgan fingerprint density at radius 3 is 2.75 bits per heavy atom. The van der Waals surface area contributed by atoms with Crippen LogP contribution in [0.15, 0.2) is 35.3 Å². The maximum Gasteiger partial charge on any atom is 0.191 e. The van der Waals surface area contributed by atoms with E-state index in [1.165, 1.54) is 19.4 Å². The lowest BCUT2D eigenvalue weighted by Gasteiger charge is -2.30. The SMILES string of the molecule is CCNC(=NCC(C)(O)c1ccccc1)NCC1CCCN(C)C1. The second-order valence-corrected chi connectivity index (χ2v) is 6.99. The molecule has 3 N–H and O–H groups in total. The fourth-order valence-electron chi connectivity index (χ4n) is 3.14. The van der Waals surface area contributed by atoms with E-state index in [0.29, 0.717) is 12.5 Å². The number of likely N-dealkylation sites (tertiary alicyclic amines) is 1. The molecule has 0 radical (unpaired) electrons. The maximum atomic E-state index is 10.7. The monoisotopic (exact) mass is 332 g/mol. The van der Waals surface area contributed by atoms with Crippen molar-refractivity contribution in [3.63, 3.8) is 0 Å². The predicted octanol–water partition coefficient (Wildman–Crippen LogP) is 1.79. The molecule has 2 unspecified atom stereocenters. The molecule has 24 heavy (non-hydrogen) atoms. The Balaban J connectivity index is 1.92. The van der Waals surface area contributed by atoms with Crippen LogP contribution in [-0.2, 0) is 5.60 Å². The van der Waals surface area contributed by atoms with Crippen LogP contribution in [0.2, 0.25) is 0 Å². The third kappa shape index (κ3) is 5.80. The molecule has 2 atom stereocenters. The van der Waals surface area contributed by atoms with Crippen LogP contribution in [0.5, 0.6) is 0 Å². The van der Waals surface area contributed by atoms with Gasteiger partial charge in [-0.3, -0.25) is 0 Å². The first-order valence-electron chi connectivity index (χ1n) is 9.00. The van der Waals surface area contributed by atoms with Crippen LogP contribution in [0.1, 0.15) is 32.3 Å². The van der Waals surface area contributed by atoms with E-state index in [0.717, 1.165) is 31.2 Å². The Bertz CT molecular complexity index is 515. The average molecular weight is 332 g/mol. The molecule has 0 aliphatic carbocycles. The molecular formula is C19H32N4O. The highest BCUT2D eigenvalue weighted by atomic mass is 16.3. The zero-order valence-corrected chi connectivity index (χ0v) is 15.3. The van der Waals surface area contributed by atoms with Gasteiger partial charge in [-0.15, -0.1) is 0 Å². The quantitative estimate of drug-likeness (QED) is 0.549. The Kier molecular flexibility index (Phi) is 7.06. The molecule has 5 nitrogen and oxygen atoms in total. The molecular weight excluding hydrogens is 300 g/mol. The van der Waals surface area contributed by atoms with Crippen LogP contribution >= 0.6 is 0 Å². The normalized spacial score (nSPS) is 22.0. The molecule has 0 bridgehead atoms. The molecule has 1 saturated heterocycles. The number of guanidine groups is 1. The Labute approximate surface area is 146 Å². The smallest absolute Gasteiger partial charge is 0.191 e. The molecule has 0 amide bonds. The van der Waals surface area contributed by atoms with E-state index in [1.54, 1.807) is 0 Å². The standard InChI is InChI=1S/C19H32N4O/c1-4-20-18(21-13-16-9-8-12-23(3)14-16)22-15-19(2,24)17-10-6-5-7-11-17/h5-7,10-11,16,24H,4,8-9,12-15H2,1-3H3,(H2,20,21,22). The lowest BCUT2D eigenvalue weighted by molar-refractivity contribution is 0.0672. The van der Waals surface area contributed by atoms with Crippen molar-refractivity contribution in [2.24, 2.45) is 10.9 Å². The van der Waals surface area contributed by atoms with E-state index in [4.69, 9.17) is 0 Å². The summed E-state index contributed by atoms with van der Waals surface area (Å²) in [6.07, 6.45) is 2.53. The molecule has 0 spiro atoms. The molecule has 1 aliphatic rings. The maximum absolute atomic E-state index is 10.7. The first kappa shape index (κ1) is 18.7. The molecule has 0 saturated carbocycles. The molecule has 5 heteroatoms. The van der Waals surface area contributed by atoms with Crippen LogP contribution in [0.3, 0.4) is 0 Å². The highest BCUT2D eigenvalue weighted by Gasteiger charge is 2.23. The van der Waals surface area contributed by atoms with Gasteiger partial charge in [-0.05, 0) is 51.8 Å². The van der Waals surface area contributed by atoms with Gasteiger partial charge in [0.05, 0.1) is 6.54 Å². The zero-order chi connectivity index (χ0) is 17.4. The summed E-state index contributed by atoms with van der Waals surface area (Å²) in [4.78, 5) is 6.98. The fraction of sp³-hybridized carbons (Fsp3) is 0.632. The molecule has 0 aromatic heterocycles. The highest BCUT2D eigenvalue weighted by Crippen LogP contribution is 2.20. The summed E-state index contributed by atoms with van der Waals surface area (Å²) in [5, 5.41) is 17.4. The van der Waals surface area contributed by atoms with E-state index in [1.807, 2.05) is 37.3 Å². The molecule has 1 fully saturated rings. The lowest BCUT2D eigenvalue weighted by atomic mass is 9.96. The number of aliphatic imine (C=N–C) groups is 1. The summed E-state index contributed by atoms with van der Waals surface area (Å²) < 4.78 is 0. The number of rotatable bonds is 6. The van der Waals surface area contributed by atoms with Crippen molar-refractivity contribution in [2.45, 2.75) is 32.3 Å². The highest BCUT2D eigenvalue weighted by molar-refractivity contribution is 5.79. The van der Waals surface area contributed by atoms with Crippen molar-refractivity contribution in [3.05, 3.63) is 35.9 Å². The minimum atomic E-state index is -0.964. The number of nitrogens with one attached hydrogen (secondary N) is 2. The molecule has 134 valence electrons. The number of hydrogen-bond acceptors (Lipinski definition) is 3.